The molecule has 0 fully saturated rings. The lowest BCUT2D eigenvalue weighted by molar-refractivity contribution is 0.569. The third-order valence-electron chi connectivity index (χ3n) is 2.67. The summed E-state index contributed by atoms with van der Waals surface area (Å²) in [5, 5.41) is 0. The Morgan fingerprint density at radius 1 is 0.722 bits per heavy atom. The fourth-order valence-corrected chi connectivity index (χ4v) is 1.56. The van der Waals surface area contributed by atoms with Crippen LogP contribution >= 0.6 is 0 Å². The van der Waals surface area contributed by atoms with Crippen molar-refractivity contribution < 1.29 is 8.78 Å². The molecule has 0 nitrogen and oxygen atoms in total. The first-order chi connectivity index (χ1) is 8.58. The van der Waals surface area contributed by atoms with Gasteiger partial charge in [0.1, 0.15) is 11.6 Å². The van der Waals surface area contributed by atoms with E-state index in [-0.39, 0.29) is 5.56 Å². The van der Waals surface area contributed by atoms with Crippen molar-refractivity contribution in [3.8, 4) is 11.1 Å². The van der Waals surface area contributed by atoms with Crippen molar-refractivity contribution in [1.82, 2.24) is 0 Å². The van der Waals surface area contributed by atoms with Crippen LogP contribution in [0, 0.1) is 25.5 Å². The van der Waals surface area contributed by atoms with Crippen LogP contribution in [0.4, 0.5) is 8.78 Å². The Kier molecular flexibility index (Phi) is 5.02. The van der Waals surface area contributed by atoms with Gasteiger partial charge in [-0.15, -0.1) is 0 Å². The first-order valence-electron chi connectivity index (χ1n) is 6.10. The fraction of sp³-hybridized carbons (Fsp3) is 0.250. The quantitative estimate of drug-likeness (QED) is 0.644. The van der Waals surface area contributed by atoms with Gasteiger partial charge in [-0.3, -0.25) is 0 Å². The SMILES string of the molecule is CC.Cc1ccc(-c2cc(F)c(C)c(F)c2)cc1. The first kappa shape index (κ1) is 14.4. The Balaban J connectivity index is 0.000000771. The Morgan fingerprint density at radius 3 is 1.61 bits per heavy atom. The molecule has 0 aliphatic carbocycles. The molecule has 96 valence electrons. The lowest BCUT2D eigenvalue weighted by Crippen LogP contribution is -1.90. The third-order valence-corrected chi connectivity index (χ3v) is 2.67. The standard InChI is InChI=1S/C14H12F2.C2H6/c1-9-3-5-11(6-4-9)12-7-13(15)10(2)14(16)8-12;1-2/h3-8H,1-2H3;1-2H3. The third kappa shape index (κ3) is 3.16. The summed E-state index contributed by atoms with van der Waals surface area (Å²) in [6, 6.07) is 10.3. The van der Waals surface area contributed by atoms with Crippen LogP contribution in [0.2, 0.25) is 0 Å². The van der Waals surface area contributed by atoms with Crippen molar-refractivity contribution in [3.63, 3.8) is 0 Å². The summed E-state index contributed by atoms with van der Waals surface area (Å²) in [4.78, 5) is 0. The van der Waals surface area contributed by atoms with Gasteiger partial charge in [0, 0.05) is 5.56 Å². The highest BCUT2D eigenvalue weighted by Gasteiger charge is 2.07. The molecule has 0 bridgehead atoms. The number of hydrogen-bond acceptors (Lipinski definition) is 0. The van der Waals surface area contributed by atoms with E-state index in [1.165, 1.54) is 19.1 Å². The van der Waals surface area contributed by atoms with Crippen LogP contribution in [0.25, 0.3) is 11.1 Å². The maximum Gasteiger partial charge on any atom is 0.129 e. The highest BCUT2D eigenvalue weighted by atomic mass is 19.1. The molecule has 0 N–H and O–H groups in total. The average molecular weight is 248 g/mol. The summed E-state index contributed by atoms with van der Waals surface area (Å²) in [6.45, 7) is 7.41. The van der Waals surface area contributed by atoms with Gasteiger partial charge in [-0.1, -0.05) is 43.7 Å². The molecule has 2 aromatic rings. The van der Waals surface area contributed by atoms with Gasteiger partial charge < -0.3 is 0 Å². The van der Waals surface area contributed by atoms with Crippen molar-refractivity contribution >= 4 is 0 Å². The van der Waals surface area contributed by atoms with Crippen LogP contribution in [-0.2, 0) is 0 Å². The molecule has 0 unspecified atom stereocenters. The molecule has 0 saturated heterocycles. The van der Waals surface area contributed by atoms with E-state index in [1.54, 1.807) is 0 Å². The lowest BCUT2D eigenvalue weighted by Gasteiger charge is -2.05. The number of benzene rings is 2. The van der Waals surface area contributed by atoms with Crippen molar-refractivity contribution in [2.75, 3.05) is 0 Å². The first-order valence-corrected chi connectivity index (χ1v) is 6.10. The van der Waals surface area contributed by atoms with E-state index in [1.807, 2.05) is 45.0 Å². The number of hydrogen-bond donors (Lipinski definition) is 0. The second kappa shape index (κ2) is 6.29. The maximum atomic E-state index is 13.4. The van der Waals surface area contributed by atoms with E-state index < -0.39 is 11.6 Å². The summed E-state index contributed by atoms with van der Waals surface area (Å²) in [5.74, 6) is -1.01. The monoisotopic (exact) mass is 248 g/mol. The summed E-state index contributed by atoms with van der Waals surface area (Å²) < 4.78 is 26.7. The minimum Gasteiger partial charge on any atom is -0.207 e. The second-order valence-corrected chi connectivity index (χ2v) is 3.93. The minimum atomic E-state index is -0.504. The molecule has 0 aliphatic rings. The average Bonchev–Trinajstić information content (AvgIpc) is 2.38. The lowest BCUT2D eigenvalue weighted by atomic mass is 10.0. The van der Waals surface area contributed by atoms with Gasteiger partial charge in [0.25, 0.3) is 0 Å². The van der Waals surface area contributed by atoms with E-state index in [0.717, 1.165) is 11.1 Å². The molecular formula is C16H18F2. The Hall–Kier alpha value is -1.70. The number of halogens is 2. The molecule has 0 amide bonds. The molecule has 0 spiro atoms. The molecule has 2 aromatic carbocycles. The van der Waals surface area contributed by atoms with Crippen LogP contribution < -0.4 is 0 Å². The summed E-state index contributed by atoms with van der Waals surface area (Å²) in [7, 11) is 0. The molecule has 2 rings (SSSR count). The highest BCUT2D eigenvalue weighted by molar-refractivity contribution is 5.64. The van der Waals surface area contributed by atoms with Crippen molar-refractivity contribution in [1.29, 1.82) is 0 Å². The topological polar surface area (TPSA) is 0 Å². The molecule has 0 saturated carbocycles. The molecule has 0 aromatic heterocycles. The van der Waals surface area contributed by atoms with E-state index in [0.29, 0.717) is 5.56 Å². The Morgan fingerprint density at radius 2 is 1.17 bits per heavy atom. The van der Waals surface area contributed by atoms with Gasteiger partial charge >= 0.3 is 0 Å². The molecular weight excluding hydrogens is 230 g/mol. The highest BCUT2D eigenvalue weighted by Crippen LogP contribution is 2.24. The second-order valence-electron chi connectivity index (χ2n) is 3.93. The van der Waals surface area contributed by atoms with Crippen LogP contribution in [0.1, 0.15) is 25.0 Å². The smallest absolute Gasteiger partial charge is 0.129 e. The Bertz CT molecular complexity index is 490. The van der Waals surface area contributed by atoms with Crippen LogP contribution in [0.3, 0.4) is 0 Å². The van der Waals surface area contributed by atoms with Crippen LogP contribution in [0.15, 0.2) is 36.4 Å². The fourth-order valence-electron chi connectivity index (χ4n) is 1.56. The predicted molar refractivity (Wildman–Crippen MR) is 72.6 cm³/mol. The number of aryl methyl sites for hydroxylation is 1. The largest absolute Gasteiger partial charge is 0.207 e. The summed E-state index contributed by atoms with van der Waals surface area (Å²) >= 11 is 0. The predicted octanol–water partition coefficient (Wildman–Crippen LogP) is 5.27. The van der Waals surface area contributed by atoms with E-state index in [9.17, 15) is 8.78 Å². The van der Waals surface area contributed by atoms with Crippen molar-refractivity contribution in [3.05, 3.63) is 59.2 Å². The van der Waals surface area contributed by atoms with E-state index >= 15 is 0 Å². The van der Waals surface area contributed by atoms with Crippen LogP contribution in [0.5, 0.6) is 0 Å². The molecule has 0 aliphatic heterocycles. The zero-order valence-corrected chi connectivity index (χ0v) is 11.2. The van der Waals surface area contributed by atoms with Gasteiger partial charge in [-0.05, 0) is 37.1 Å². The van der Waals surface area contributed by atoms with Gasteiger partial charge in [0.15, 0.2) is 0 Å². The zero-order chi connectivity index (χ0) is 13.7. The maximum absolute atomic E-state index is 13.4. The molecule has 18 heavy (non-hydrogen) atoms. The molecule has 0 atom stereocenters. The van der Waals surface area contributed by atoms with Crippen molar-refractivity contribution in [2.24, 2.45) is 0 Å². The molecule has 0 radical (unpaired) electrons. The van der Waals surface area contributed by atoms with Gasteiger partial charge in [0.05, 0.1) is 0 Å². The summed E-state index contributed by atoms with van der Waals surface area (Å²) in [6.07, 6.45) is 0. The van der Waals surface area contributed by atoms with E-state index in [4.69, 9.17) is 0 Å². The number of rotatable bonds is 1. The summed E-state index contributed by atoms with van der Waals surface area (Å²) in [5.41, 5.74) is 2.58. The van der Waals surface area contributed by atoms with Gasteiger partial charge in [-0.25, -0.2) is 8.78 Å². The van der Waals surface area contributed by atoms with Crippen molar-refractivity contribution in [2.45, 2.75) is 27.7 Å². The molecule has 2 heteroatoms. The van der Waals surface area contributed by atoms with E-state index in [2.05, 4.69) is 0 Å². The zero-order valence-electron chi connectivity index (χ0n) is 11.2. The van der Waals surface area contributed by atoms with Crippen LogP contribution in [-0.4, -0.2) is 0 Å². The van der Waals surface area contributed by atoms with Gasteiger partial charge in [0.2, 0.25) is 0 Å². The normalized spacial score (nSPS) is 9.67. The Labute approximate surface area is 107 Å². The minimum absolute atomic E-state index is 0.0656. The van der Waals surface area contributed by atoms with Gasteiger partial charge in [-0.2, -0.15) is 0 Å². The molecule has 0 heterocycles.